The molecule has 0 aromatic heterocycles. The number of hydrogen-bond acceptors (Lipinski definition) is 6. The highest BCUT2D eigenvalue weighted by Crippen LogP contribution is 2.63. The van der Waals surface area contributed by atoms with Crippen LogP contribution >= 0.6 is 10.3 Å². The molecule has 0 spiro atoms. The molecule has 2 unspecified atom stereocenters. The Kier molecular flexibility index (Phi) is 6.46. The summed E-state index contributed by atoms with van der Waals surface area (Å²) in [5.74, 6) is -0.119. The van der Waals surface area contributed by atoms with Crippen LogP contribution in [0.25, 0.3) is 0 Å². The highest BCUT2D eigenvalue weighted by Gasteiger charge is 2.53. The van der Waals surface area contributed by atoms with Crippen molar-refractivity contribution in [1.29, 1.82) is 0 Å². The van der Waals surface area contributed by atoms with Crippen LogP contribution in [0.4, 0.5) is 18.0 Å². The van der Waals surface area contributed by atoms with Crippen molar-refractivity contribution in [1.82, 2.24) is 0 Å². The highest BCUT2D eigenvalue weighted by atomic mass is 32.3. The number of carbonyl (C=O) groups excluding carboxylic acids is 1. The lowest BCUT2D eigenvalue weighted by molar-refractivity contribution is -0.0496. The topological polar surface area (TPSA) is 78.9 Å². The minimum Gasteiger partial charge on any atom is -0.434 e. The molecule has 0 bridgehead atoms. The Hall–Kier alpha value is -1.46. The van der Waals surface area contributed by atoms with Gasteiger partial charge in [-0.1, -0.05) is 35.4 Å². The molecular weight excluding hydrogens is 397 g/mol. The van der Waals surface area contributed by atoms with Gasteiger partial charge in [-0.15, -0.1) is 0 Å². The fraction of sp³-hybridized carbons (Fsp3) is 0.533. The molecule has 0 aliphatic carbocycles. The van der Waals surface area contributed by atoms with Crippen molar-refractivity contribution >= 4 is 26.6 Å². The molecule has 1 saturated heterocycles. The number of rotatable bonds is 6. The van der Waals surface area contributed by atoms with Gasteiger partial charge >= 0.3 is 21.8 Å². The van der Waals surface area contributed by atoms with Crippen LogP contribution in [0, 0.1) is 0 Å². The summed E-state index contributed by atoms with van der Waals surface area (Å²) in [6.07, 6.45) is -0.943. The van der Waals surface area contributed by atoms with Crippen LogP contribution in [0.15, 0.2) is 35.2 Å². The summed E-state index contributed by atoms with van der Waals surface area (Å²) in [5, 5.41) is 0. The summed E-state index contributed by atoms with van der Waals surface area (Å²) in [7, 11) is -8.63. The maximum atomic E-state index is 12.8. The van der Waals surface area contributed by atoms with Gasteiger partial charge in [-0.2, -0.15) is 21.6 Å². The summed E-state index contributed by atoms with van der Waals surface area (Å²) in [4.78, 5) is 11.9. The van der Waals surface area contributed by atoms with Gasteiger partial charge in [0.05, 0.1) is 6.61 Å². The summed E-state index contributed by atoms with van der Waals surface area (Å²) >= 11 is 0. The molecule has 2 atom stereocenters. The van der Waals surface area contributed by atoms with Crippen LogP contribution in [0.2, 0.25) is 0 Å². The zero-order valence-electron chi connectivity index (χ0n) is 13.9. The molecule has 1 aliphatic rings. The van der Waals surface area contributed by atoms with Crippen LogP contribution in [-0.4, -0.2) is 44.3 Å². The van der Waals surface area contributed by atoms with E-state index in [-0.39, 0.29) is 24.5 Å². The van der Waals surface area contributed by atoms with Crippen molar-refractivity contribution in [2.24, 2.45) is 0 Å². The van der Waals surface area contributed by atoms with Gasteiger partial charge in [-0.05, 0) is 25.0 Å². The largest absolute Gasteiger partial charge is 0.523 e. The van der Waals surface area contributed by atoms with E-state index in [0.717, 1.165) is 0 Å². The number of carbonyl (C=O) groups is 1. The van der Waals surface area contributed by atoms with Gasteiger partial charge in [-0.3, -0.25) is 0 Å². The average molecular weight is 416 g/mol. The first-order valence-electron chi connectivity index (χ1n) is 7.79. The SMILES string of the molecule is CCCOC(=O)OC1CCS(OS(=O)(=O)C(F)(F)F)(c2ccccc2)C1. The fourth-order valence-electron chi connectivity index (χ4n) is 2.43. The molecule has 0 saturated carbocycles. The minimum atomic E-state index is -5.79. The highest BCUT2D eigenvalue weighted by molar-refractivity contribution is 8.33. The van der Waals surface area contributed by atoms with E-state index in [0.29, 0.717) is 11.3 Å². The van der Waals surface area contributed by atoms with Crippen LogP contribution in [0.3, 0.4) is 0 Å². The van der Waals surface area contributed by atoms with E-state index in [9.17, 15) is 26.4 Å². The molecule has 0 N–H and O–H groups in total. The first-order chi connectivity index (χ1) is 12.1. The molecule has 1 heterocycles. The molecule has 148 valence electrons. The Morgan fingerprint density at radius 2 is 1.92 bits per heavy atom. The van der Waals surface area contributed by atoms with Crippen molar-refractivity contribution < 1.29 is 39.5 Å². The van der Waals surface area contributed by atoms with E-state index in [2.05, 4.69) is 0 Å². The smallest absolute Gasteiger partial charge is 0.434 e. The normalized spacial score (nSPS) is 26.1. The third-order valence-corrected chi connectivity index (χ3v) is 8.85. The van der Waals surface area contributed by atoms with Gasteiger partial charge in [0.15, 0.2) is 0 Å². The zero-order valence-corrected chi connectivity index (χ0v) is 15.5. The molecular formula is C15H19F3O6S2. The quantitative estimate of drug-likeness (QED) is 0.516. The lowest BCUT2D eigenvalue weighted by Crippen LogP contribution is -2.28. The van der Waals surface area contributed by atoms with E-state index in [4.69, 9.17) is 13.1 Å². The molecule has 1 aromatic rings. The predicted molar refractivity (Wildman–Crippen MR) is 89.2 cm³/mol. The molecule has 11 heteroatoms. The Balaban J connectivity index is 2.24. The number of halogens is 3. The van der Waals surface area contributed by atoms with E-state index in [1.807, 2.05) is 0 Å². The number of alkyl halides is 3. The van der Waals surface area contributed by atoms with E-state index in [1.165, 1.54) is 12.1 Å². The Morgan fingerprint density at radius 3 is 2.50 bits per heavy atom. The second-order valence-corrected chi connectivity index (χ2v) is 10.3. The Bertz CT molecular complexity index is 723. The number of hydrogen-bond donors (Lipinski definition) is 0. The van der Waals surface area contributed by atoms with E-state index < -0.39 is 38.2 Å². The first kappa shape index (κ1) is 20.8. The van der Waals surface area contributed by atoms with Crippen LogP contribution < -0.4 is 0 Å². The maximum absolute atomic E-state index is 12.8. The second-order valence-electron chi connectivity index (χ2n) is 5.59. The third kappa shape index (κ3) is 4.83. The summed E-state index contributed by atoms with van der Waals surface area (Å²) in [6, 6.07) is 7.84. The van der Waals surface area contributed by atoms with Crippen LogP contribution in [-0.2, 0) is 23.2 Å². The average Bonchev–Trinajstić information content (AvgIpc) is 2.96. The van der Waals surface area contributed by atoms with E-state index >= 15 is 0 Å². The lowest BCUT2D eigenvalue weighted by Gasteiger charge is -2.34. The molecule has 1 aromatic carbocycles. The molecule has 2 rings (SSSR count). The van der Waals surface area contributed by atoms with Crippen LogP contribution in [0.1, 0.15) is 19.8 Å². The molecule has 1 aliphatic heterocycles. The standard InChI is InChI=1S/C15H19F3O6S2/c1-2-9-22-14(19)23-12-8-10-25(11-12,13-6-4-3-5-7-13)24-26(20,21)15(16,17)18/h3-7,12H,2,8-11H2,1H3. The fourth-order valence-corrected chi connectivity index (χ4v) is 7.65. The molecule has 0 radical (unpaired) electrons. The second kappa shape index (κ2) is 8.05. The molecule has 1 fully saturated rings. The summed E-state index contributed by atoms with van der Waals surface area (Å²) in [5.41, 5.74) is -5.53. The van der Waals surface area contributed by atoms with Gasteiger partial charge in [0, 0.05) is 16.4 Å². The molecule has 6 nitrogen and oxygen atoms in total. The number of benzene rings is 1. The Morgan fingerprint density at radius 1 is 1.27 bits per heavy atom. The summed E-state index contributed by atoms with van der Waals surface area (Å²) < 4.78 is 76.3. The van der Waals surface area contributed by atoms with Crippen molar-refractivity contribution in [2.75, 3.05) is 18.1 Å². The number of ether oxygens (including phenoxy) is 2. The molecule has 0 amide bonds. The zero-order chi connectivity index (χ0) is 19.4. The van der Waals surface area contributed by atoms with Gasteiger partial charge < -0.3 is 9.47 Å². The van der Waals surface area contributed by atoms with Gasteiger partial charge in [0.2, 0.25) is 0 Å². The van der Waals surface area contributed by atoms with Gasteiger partial charge in [0.1, 0.15) is 6.10 Å². The van der Waals surface area contributed by atoms with Crippen molar-refractivity contribution in [3.05, 3.63) is 30.3 Å². The Labute approximate surface area is 151 Å². The lowest BCUT2D eigenvalue weighted by atomic mass is 10.3. The first-order valence-corrected chi connectivity index (χ1v) is 11.1. The van der Waals surface area contributed by atoms with Gasteiger partial charge in [-0.25, -0.2) is 8.42 Å². The van der Waals surface area contributed by atoms with Crippen molar-refractivity contribution in [3.8, 4) is 0 Å². The van der Waals surface area contributed by atoms with Crippen molar-refractivity contribution in [2.45, 2.75) is 36.3 Å². The maximum Gasteiger partial charge on any atom is 0.523 e. The van der Waals surface area contributed by atoms with Crippen LogP contribution in [0.5, 0.6) is 0 Å². The monoisotopic (exact) mass is 416 g/mol. The molecule has 26 heavy (non-hydrogen) atoms. The van der Waals surface area contributed by atoms with Crippen molar-refractivity contribution in [3.63, 3.8) is 0 Å². The van der Waals surface area contributed by atoms with Gasteiger partial charge in [0.25, 0.3) is 0 Å². The third-order valence-electron chi connectivity index (χ3n) is 3.59. The predicted octanol–water partition coefficient (Wildman–Crippen LogP) is 3.97. The summed E-state index contributed by atoms with van der Waals surface area (Å²) in [6.45, 7) is 1.95. The van der Waals surface area contributed by atoms with E-state index in [1.54, 1.807) is 25.1 Å². The minimum absolute atomic E-state index is 0.0258.